The number of allylic oxidation sites excluding steroid dienone is 1. The summed E-state index contributed by atoms with van der Waals surface area (Å²) in [5.74, 6) is -2.18. The van der Waals surface area contributed by atoms with Crippen molar-refractivity contribution in [2.75, 3.05) is 20.3 Å². The molecule has 7 nitrogen and oxygen atoms in total. The van der Waals surface area contributed by atoms with Gasteiger partial charge in [-0.15, -0.1) is 0 Å². The lowest BCUT2D eigenvalue weighted by atomic mass is 10.0. The smallest absolute Gasteiger partial charge is 0.366 e. The number of methoxy groups -OCH3 is 1. The van der Waals surface area contributed by atoms with Crippen molar-refractivity contribution < 1.29 is 28.6 Å². The second-order valence-electron chi connectivity index (χ2n) is 6.87. The number of ether oxygens (including phenoxy) is 3. The number of carbonyl (C=O) groups excluding carboxylic acids is 3. The van der Waals surface area contributed by atoms with Crippen LogP contribution in [0.5, 0.6) is 0 Å². The van der Waals surface area contributed by atoms with Crippen LogP contribution in [0.3, 0.4) is 0 Å². The number of hydrogen-bond donors (Lipinski definition) is 1. The molecule has 0 aliphatic carbocycles. The van der Waals surface area contributed by atoms with Crippen LogP contribution in [0.2, 0.25) is 0 Å². The molecule has 1 heterocycles. The summed E-state index contributed by atoms with van der Waals surface area (Å²) in [4.78, 5) is 35.7. The van der Waals surface area contributed by atoms with Crippen molar-refractivity contribution in [3.8, 4) is 0 Å². The highest BCUT2D eigenvalue weighted by molar-refractivity contribution is 5.97. The Morgan fingerprint density at radius 1 is 1.21 bits per heavy atom. The summed E-state index contributed by atoms with van der Waals surface area (Å²) in [5.41, 5.74) is 0.517. The van der Waals surface area contributed by atoms with Crippen LogP contribution in [0.1, 0.15) is 37.0 Å². The first kappa shape index (κ1) is 21.8. The summed E-state index contributed by atoms with van der Waals surface area (Å²) < 4.78 is 15.7. The van der Waals surface area contributed by atoms with Crippen molar-refractivity contribution >= 4 is 17.7 Å². The predicted octanol–water partition coefficient (Wildman–Crippen LogP) is 2.26. The number of nitrogens with one attached hydrogen (secondary N) is 1. The van der Waals surface area contributed by atoms with Crippen LogP contribution in [-0.2, 0) is 23.8 Å². The van der Waals surface area contributed by atoms with Crippen LogP contribution in [-0.4, -0.2) is 49.8 Å². The first-order valence-electron chi connectivity index (χ1n) is 9.23. The van der Waals surface area contributed by atoms with E-state index >= 15 is 0 Å². The lowest BCUT2D eigenvalue weighted by Gasteiger charge is -2.34. The van der Waals surface area contributed by atoms with Crippen LogP contribution in [0.4, 0.5) is 0 Å². The Kier molecular flexibility index (Phi) is 7.90. The fourth-order valence-electron chi connectivity index (χ4n) is 2.76. The average Bonchev–Trinajstić information content (AvgIpc) is 2.71. The summed E-state index contributed by atoms with van der Waals surface area (Å²) >= 11 is 0. The molecular formula is C21H27NO6. The molecule has 1 aliphatic heterocycles. The number of Topliss-reactive ketones (excluding diaryl/α,β-unsaturated/α-hetero) is 1. The number of esters is 1. The third kappa shape index (κ3) is 6.00. The zero-order chi connectivity index (χ0) is 20.6. The second kappa shape index (κ2) is 10.1. The molecule has 0 aromatic heterocycles. The Labute approximate surface area is 165 Å². The van der Waals surface area contributed by atoms with E-state index in [9.17, 15) is 14.4 Å². The van der Waals surface area contributed by atoms with Crippen molar-refractivity contribution in [2.45, 2.75) is 38.5 Å². The third-order valence-electron chi connectivity index (χ3n) is 4.59. The first-order valence-corrected chi connectivity index (χ1v) is 9.23. The van der Waals surface area contributed by atoms with Crippen molar-refractivity contribution in [1.29, 1.82) is 0 Å². The highest BCUT2D eigenvalue weighted by Crippen LogP contribution is 2.24. The van der Waals surface area contributed by atoms with Gasteiger partial charge < -0.3 is 19.5 Å². The van der Waals surface area contributed by atoms with Gasteiger partial charge in [-0.1, -0.05) is 30.4 Å². The zero-order valence-corrected chi connectivity index (χ0v) is 16.5. The van der Waals surface area contributed by atoms with Gasteiger partial charge in [0.1, 0.15) is 0 Å². The van der Waals surface area contributed by atoms with Gasteiger partial charge in [-0.3, -0.25) is 9.59 Å². The molecule has 1 fully saturated rings. The Morgan fingerprint density at radius 2 is 1.86 bits per heavy atom. The molecule has 0 saturated carbocycles. The maximum Gasteiger partial charge on any atom is 0.366 e. The van der Waals surface area contributed by atoms with E-state index in [1.54, 1.807) is 24.3 Å². The number of carbonyl (C=O) groups is 3. The molecule has 1 N–H and O–H groups in total. The molecule has 1 saturated heterocycles. The maximum atomic E-state index is 12.2. The van der Waals surface area contributed by atoms with E-state index in [1.807, 2.05) is 18.2 Å². The minimum Gasteiger partial charge on any atom is -0.465 e. The molecule has 1 atom stereocenters. The zero-order valence-electron chi connectivity index (χ0n) is 16.5. The molecule has 28 heavy (non-hydrogen) atoms. The molecule has 1 aromatic rings. The molecule has 1 unspecified atom stereocenters. The fraction of sp³-hybridized carbons (Fsp3) is 0.476. The lowest BCUT2D eigenvalue weighted by Crippen LogP contribution is -2.48. The molecule has 0 spiro atoms. The molecule has 1 amide bonds. The lowest BCUT2D eigenvalue weighted by molar-refractivity contribution is -0.271. The summed E-state index contributed by atoms with van der Waals surface area (Å²) in [5, 5.41) is 2.76. The monoisotopic (exact) mass is 389 g/mol. The van der Waals surface area contributed by atoms with Gasteiger partial charge in [-0.2, -0.15) is 0 Å². The quantitative estimate of drug-likeness (QED) is 0.542. The van der Waals surface area contributed by atoms with Crippen LogP contribution in [0.25, 0.3) is 0 Å². The predicted molar refractivity (Wildman–Crippen MR) is 103 cm³/mol. The minimum atomic E-state index is -1.35. The molecule has 1 aromatic carbocycles. The number of rotatable bonds is 8. The van der Waals surface area contributed by atoms with Crippen LogP contribution in [0, 0.1) is 5.92 Å². The van der Waals surface area contributed by atoms with E-state index in [0.717, 1.165) is 0 Å². The molecular weight excluding hydrogens is 362 g/mol. The van der Waals surface area contributed by atoms with Gasteiger partial charge in [-0.25, -0.2) is 4.79 Å². The van der Waals surface area contributed by atoms with Gasteiger partial charge in [0.15, 0.2) is 5.78 Å². The van der Waals surface area contributed by atoms with Gasteiger partial charge >= 0.3 is 5.97 Å². The maximum absolute atomic E-state index is 12.2. The van der Waals surface area contributed by atoms with Crippen LogP contribution < -0.4 is 5.32 Å². The highest BCUT2D eigenvalue weighted by Gasteiger charge is 2.41. The van der Waals surface area contributed by atoms with E-state index in [-0.39, 0.29) is 17.6 Å². The van der Waals surface area contributed by atoms with Gasteiger partial charge in [0.2, 0.25) is 0 Å². The van der Waals surface area contributed by atoms with E-state index in [0.29, 0.717) is 31.6 Å². The summed E-state index contributed by atoms with van der Waals surface area (Å²) in [6.45, 7) is 3.74. The third-order valence-corrected chi connectivity index (χ3v) is 4.59. The Balaban J connectivity index is 1.79. The molecule has 7 heteroatoms. The molecule has 152 valence electrons. The molecule has 0 bridgehead atoms. The van der Waals surface area contributed by atoms with Crippen LogP contribution in [0.15, 0.2) is 42.5 Å². The number of ketones is 1. The summed E-state index contributed by atoms with van der Waals surface area (Å²) in [7, 11) is 1.29. The Hall–Kier alpha value is -2.51. The topological polar surface area (TPSA) is 90.9 Å². The SMILES string of the molecule is COC(=O)C1(C)OCC(C/C=C/CC(NC(=O)c2ccccc2)C(C)=O)CO1. The van der Waals surface area contributed by atoms with Crippen molar-refractivity contribution in [1.82, 2.24) is 5.32 Å². The molecule has 1 aliphatic rings. The number of benzene rings is 1. The average molecular weight is 389 g/mol. The van der Waals surface area contributed by atoms with Crippen molar-refractivity contribution in [3.05, 3.63) is 48.0 Å². The van der Waals surface area contributed by atoms with Crippen molar-refractivity contribution in [3.63, 3.8) is 0 Å². The summed E-state index contributed by atoms with van der Waals surface area (Å²) in [6, 6.07) is 8.20. The van der Waals surface area contributed by atoms with Gasteiger partial charge in [0.05, 0.1) is 26.4 Å². The number of amides is 1. The van der Waals surface area contributed by atoms with E-state index in [4.69, 9.17) is 9.47 Å². The fourth-order valence-corrected chi connectivity index (χ4v) is 2.76. The van der Waals surface area contributed by atoms with Crippen LogP contribution >= 0.6 is 0 Å². The minimum absolute atomic E-state index is 0.101. The van der Waals surface area contributed by atoms with E-state index in [1.165, 1.54) is 21.0 Å². The van der Waals surface area contributed by atoms with Gasteiger partial charge in [-0.05, 0) is 31.9 Å². The standard InChI is InChI=1S/C21H27NO6/c1-15(23)18(22-19(24)17-10-5-4-6-11-17)12-8-7-9-16-13-27-21(2,28-14-16)20(25)26-3/h4-8,10-11,16,18H,9,12-14H2,1-3H3,(H,22,24)/b8-7+. The Bertz CT molecular complexity index is 707. The molecule has 2 rings (SSSR count). The number of hydrogen-bond acceptors (Lipinski definition) is 6. The highest BCUT2D eigenvalue weighted by atomic mass is 16.7. The van der Waals surface area contributed by atoms with Gasteiger partial charge in [0, 0.05) is 18.4 Å². The van der Waals surface area contributed by atoms with E-state index in [2.05, 4.69) is 10.1 Å². The normalized spacial score (nSPS) is 23.2. The Morgan fingerprint density at radius 3 is 2.43 bits per heavy atom. The van der Waals surface area contributed by atoms with Gasteiger partial charge in [0.25, 0.3) is 11.7 Å². The van der Waals surface area contributed by atoms with E-state index < -0.39 is 17.8 Å². The first-order chi connectivity index (χ1) is 13.4. The molecule has 0 radical (unpaired) electrons. The second-order valence-corrected chi connectivity index (χ2v) is 6.87. The largest absolute Gasteiger partial charge is 0.465 e. The summed E-state index contributed by atoms with van der Waals surface area (Å²) in [6.07, 6.45) is 4.88. The van der Waals surface area contributed by atoms with Crippen molar-refractivity contribution in [2.24, 2.45) is 5.92 Å².